The second kappa shape index (κ2) is 3.36. The van der Waals surface area contributed by atoms with Crippen molar-refractivity contribution in [3.63, 3.8) is 0 Å². The molecule has 0 spiro atoms. The molecule has 74 valence electrons. The summed E-state index contributed by atoms with van der Waals surface area (Å²) in [6.45, 7) is 0. The number of hydrogen-bond donors (Lipinski definition) is 0. The lowest BCUT2D eigenvalue weighted by atomic mass is 10.3. The van der Waals surface area contributed by atoms with Crippen LogP contribution in [0.25, 0.3) is 21.3 Å². The summed E-state index contributed by atoms with van der Waals surface area (Å²) in [4.78, 5) is 9.80. The molecule has 0 atom stereocenters. The molecule has 0 saturated carbocycles. The lowest BCUT2D eigenvalue weighted by Gasteiger charge is -1.87. The Morgan fingerprint density at radius 2 is 1.40 bits per heavy atom. The van der Waals surface area contributed by atoms with Crippen molar-refractivity contribution in [2.45, 2.75) is 0 Å². The van der Waals surface area contributed by atoms with Gasteiger partial charge in [0, 0.05) is 0 Å². The van der Waals surface area contributed by atoms with E-state index in [0.717, 1.165) is 21.3 Å². The van der Waals surface area contributed by atoms with E-state index >= 15 is 0 Å². The van der Waals surface area contributed by atoms with Crippen molar-refractivity contribution < 1.29 is 8.83 Å². The van der Waals surface area contributed by atoms with Gasteiger partial charge in [-0.1, -0.05) is 0 Å². The Labute approximate surface area is 89.2 Å². The topological polar surface area (TPSA) is 52.1 Å². The molecule has 0 radical (unpaired) electrons. The third-order valence-electron chi connectivity index (χ3n) is 1.96. The Bertz CT molecular complexity index is 491. The molecule has 0 aliphatic rings. The van der Waals surface area contributed by atoms with Crippen LogP contribution >= 0.6 is 11.3 Å². The highest BCUT2D eigenvalue weighted by atomic mass is 32.1. The van der Waals surface area contributed by atoms with E-state index in [2.05, 4.69) is 9.97 Å². The zero-order chi connectivity index (χ0) is 10.1. The summed E-state index contributed by atoms with van der Waals surface area (Å²) in [5.41, 5.74) is 0. The van der Waals surface area contributed by atoms with Gasteiger partial charge in [0.1, 0.15) is 0 Å². The summed E-state index contributed by atoms with van der Waals surface area (Å²) in [6.07, 6.45) is 6.22. The molecule has 0 unspecified atom stereocenters. The van der Waals surface area contributed by atoms with E-state index in [4.69, 9.17) is 8.83 Å². The SMILES string of the molecule is c1ncc(-c2ccc(-c3cnco3)s2)o1. The van der Waals surface area contributed by atoms with Crippen molar-refractivity contribution in [3.05, 3.63) is 37.3 Å². The van der Waals surface area contributed by atoms with Gasteiger partial charge in [-0.05, 0) is 12.1 Å². The quantitative estimate of drug-likeness (QED) is 0.663. The van der Waals surface area contributed by atoms with Crippen LogP contribution in [0.5, 0.6) is 0 Å². The first-order valence-corrected chi connectivity index (χ1v) is 5.13. The van der Waals surface area contributed by atoms with Gasteiger partial charge in [0.05, 0.1) is 22.1 Å². The zero-order valence-corrected chi connectivity index (χ0v) is 8.40. The van der Waals surface area contributed by atoms with E-state index in [1.165, 1.54) is 12.8 Å². The molecule has 0 aliphatic heterocycles. The molecule has 3 heterocycles. The van der Waals surface area contributed by atoms with Gasteiger partial charge >= 0.3 is 0 Å². The number of oxazole rings is 2. The van der Waals surface area contributed by atoms with Crippen LogP contribution in [0.3, 0.4) is 0 Å². The molecule has 3 rings (SSSR count). The maximum Gasteiger partial charge on any atom is 0.181 e. The van der Waals surface area contributed by atoms with Gasteiger partial charge in [0.25, 0.3) is 0 Å². The summed E-state index contributed by atoms with van der Waals surface area (Å²) < 4.78 is 10.4. The minimum absolute atomic E-state index is 0.769. The van der Waals surface area contributed by atoms with Gasteiger partial charge in [0.15, 0.2) is 24.3 Å². The summed E-state index contributed by atoms with van der Waals surface area (Å²) in [5.74, 6) is 1.54. The lowest BCUT2D eigenvalue weighted by molar-refractivity contribution is 0.573. The number of nitrogens with zero attached hydrogens (tertiary/aromatic N) is 2. The third-order valence-corrected chi connectivity index (χ3v) is 3.07. The molecule has 0 N–H and O–H groups in total. The molecule has 0 aliphatic carbocycles. The molecule has 0 bridgehead atoms. The minimum Gasteiger partial charge on any atom is -0.443 e. The predicted octanol–water partition coefficient (Wildman–Crippen LogP) is 3.06. The molecule has 0 saturated heterocycles. The summed E-state index contributed by atoms with van der Waals surface area (Å²) >= 11 is 1.58. The average molecular weight is 218 g/mol. The van der Waals surface area contributed by atoms with Gasteiger partial charge in [-0.3, -0.25) is 0 Å². The van der Waals surface area contributed by atoms with Gasteiger partial charge in [-0.25, -0.2) is 9.97 Å². The van der Waals surface area contributed by atoms with Crippen molar-refractivity contribution in [3.8, 4) is 21.3 Å². The Kier molecular flexibility index (Phi) is 1.89. The normalized spacial score (nSPS) is 10.7. The van der Waals surface area contributed by atoms with Crippen molar-refractivity contribution in [1.82, 2.24) is 9.97 Å². The first kappa shape index (κ1) is 8.43. The first-order valence-electron chi connectivity index (χ1n) is 4.31. The molecule has 4 nitrogen and oxygen atoms in total. The largest absolute Gasteiger partial charge is 0.443 e. The second-order valence-electron chi connectivity index (χ2n) is 2.90. The van der Waals surface area contributed by atoms with Gasteiger partial charge in [-0.15, -0.1) is 11.3 Å². The lowest BCUT2D eigenvalue weighted by Crippen LogP contribution is -1.61. The second-order valence-corrected chi connectivity index (χ2v) is 3.98. The Morgan fingerprint density at radius 1 is 0.867 bits per heavy atom. The molecule has 3 aromatic heterocycles. The summed E-state index contributed by atoms with van der Waals surface area (Å²) in [7, 11) is 0. The highest BCUT2D eigenvalue weighted by Crippen LogP contribution is 2.33. The van der Waals surface area contributed by atoms with Gasteiger partial charge < -0.3 is 8.83 Å². The van der Waals surface area contributed by atoms with Crippen LogP contribution < -0.4 is 0 Å². The fourth-order valence-electron chi connectivity index (χ4n) is 1.28. The Morgan fingerprint density at radius 3 is 1.80 bits per heavy atom. The van der Waals surface area contributed by atoms with Crippen molar-refractivity contribution in [2.75, 3.05) is 0 Å². The summed E-state index contributed by atoms with van der Waals surface area (Å²) in [5, 5.41) is 0. The van der Waals surface area contributed by atoms with Crippen LogP contribution in [0.1, 0.15) is 0 Å². The van der Waals surface area contributed by atoms with Crippen molar-refractivity contribution in [1.29, 1.82) is 0 Å². The van der Waals surface area contributed by atoms with E-state index in [0.29, 0.717) is 0 Å². The average Bonchev–Trinajstić information content (AvgIpc) is 3.02. The number of aromatic nitrogens is 2. The number of rotatable bonds is 2. The highest BCUT2D eigenvalue weighted by Gasteiger charge is 2.08. The fourth-order valence-corrected chi connectivity index (χ4v) is 2.19. The highest BCUT2D eigenvalue weighted by molar-refractivity contribution is 7.18. The van der Waals surface area contributed by atoms with E-state index in [9.17, 15) is 0 Å². The van der Waals surface area contributed by atoms with Crippen molar-refractivity contribution in [2.24, 2.45) is 0 Å². The molecule has 5 heteroatoms. The minimum atomic E-state index is 0.769. The number of thiophene rings is 1. The van der Waals surface area contributed by atoms with Crippen LogP contribution in [-0.2, 0) is 0 Å². The molecule has 0 amide bonds. The maximum atomic E-state index is 5.20. The van der Waals surface area contributed by atoms with Crippen molar-refractivity contribution >= 4 is 11.3 Å². The molecular formula is C10H6N2O2S. The van der Waals surface area contributed by atoms with Crippen LogP contribution in [0, 0.1) is 0 Å². The van der Waals surface area contributed by atoms with E-state index in [1.54, 1.807) is 23.7 Å². The molecule has 15 heavy (non-hydrogen) atoms. The van der Waals surface area contributed by atoms with E-state index < -0.39 is 0 Å². The van der Waals surface area contributed by atoms with Gasteiger partial charge in [-0.2, -0.15) is 0 Å². The maximum absolute atomic E-state index is 5.20. The standard InChI is InChI=1S/C10H6N2O2S/c1-2-10(8-4-12-6-14-8)15-9(1)7-3-11-5-13-7/h1-6H. The van der Waals surface area contributed by atoms with Gasteiger partial charge in [0.2, 0.25) is 0 Å². The van der Waals surface area contributed by atoms with Crippen LogP contribution in [0.15, 0.2) is 46.1 Å². The third kappa shape index (κ3) is 1.46. The molecular weight excluding hydrogens is 212 g/mol. The first-order chi connectivity index (χ1) is 7.43. The van der Waals surface area contributed by atoms with Crippen LogP contribution in [0.2, 0.25) is 0 Å². The monoisotopic (exact) mass is 218 g/mol. The van der Waals surface area contributed by atoms with E-state index in [-0.39, 0.29) is 0 Å². The Hall–Kier alpha value is -1.88. The zero-order valence-electron chi connectivity index (χ0n) is 7.58. The smallest absolute Gasteiger partial charge is 0.181 e. The molecule has 3 aromatic rings. The predicted molar refractivity (Wildman–Crippen MR) is 55.3 cm³/mol. The fraction of sp³-hybridized carbons (Fsp3) is 0. The molecule has 0 fully saturated rings. The molecule has 0 aromatic carbocycles. The van der Waals surface area contributed by atoms with Crippen LogP contribution in [0.4, 0.5) is 0 Å². The van der Waals surface area contributed by atoms with Crippen LogP contribution in [-0.4, -0.2) is 9.97 Å². The Balaban J connectivity index is 2.02. The summed E-state index contributed by atoms with van der Waals surface area (Å²) in [6, 6.07) is 3.95. The number of hydrogen-bond acceptors (Lipinski definition) is 5. The van der Waals surface area contributed by atoms with E-state index in [1.807, 2.05) is 12.1 Å².